The fourth-order valence-corrected chi connectivity index (χ4v) is 1.85. The molecule has 0 aromatic rings. The maximum atomic E-state index is 11.8. The Kier molecular flexibility index (Phi) is 5.75. The summed E-state index contributed by atoms with van der Waals surface area (Å²) in [7, 11) is 3.41. The molecule has 0 saturated carbocycles. The van der Waals surface area contributed by atoms with E-state index in [1.54, 1.807) is 25.9 Å². The number of likely N-dealkylation sites (N-methyl/N-ethyl adjacent to an activating group) is 1. The van der Waals surface area contributed by atoms with E-state index in [-0.39, 0.29) is 30.3 Å². The topological polar surface area (TPSA) is 66.6 Å². The SMILES string of the molecule is C[C@H](N)C(=O)N1CCCC1C(=O)N(C)C.Cl. The molecule has 1 heterocycles. The second kappa shape index (κ2) is 6.06. The van der Waals surface area contributed by atoms with Crippen molar-refractivity contribution in [3.05, 3.63) is 0 Å². The van der Waals surface area contributed by atoms with Gasteiger partial charge in [0.05, 0.1) is 6.04 Å². The minimum atomic E-state index is -0.527. The van der Waals surface area contributed by atoms with Gasteiger partial charge in [0.25, 0.3) is 0 Å². The molecule has 1 aliphatic rings. The van der Waals surface area contributed by atoms with Crippen molar-refractivity contribution in [3.8, 4) is 0 Å². The minimum absolute atomic E-state index is 0. The Labute approximate surface area is 102 Å². The highest BCUT2D eigenvalue weighted by molar-refractivity contribution is 5.89. The summed E-state index contributed by atoms with van der Waals surface area (Å²) in [4.78, 5) is 26.6. The number of halogens is 1. The Morgan fingerprint density at radius 2 is 2.00 bits per heavy atom. The van der Waals surface area contributed by atoms with Crippen molar-refractivity contribution in [3.63, 3.8) is 0 Å². The average Bonchev–Trinajstić information content (AvgIpc) is 2.63. The van der Waals surface area contributed by atoms with Gasteiger partial charge < -0.3 is 15.5 Å². The zero-order chi connectivity index (χ0) is 11.6. The first-order valence-corrected chi connectivity index (χ1v) is 5.22. The van der Waals surface area contributed by atoms with Crippen LogP contribution < -0.4 is 5.73 Å². The fourth-order valence-electron chi connectivity index (χ4n) is 1.85. The van der Waals surface area contributed by atoms with Gasteiger partial charge in [0.15, 0.2) is 0 Å². The number of amides is 2. The molecular weight excluding hydrogens is 230 g/mol. The van der Waals surface area contributed by atoms with Crippen molar-refractivity contribution in [2.75, 3.05) is 20.6 Å². The van der Waals surface area contributed by atoms with Gasteiger partial charge in [0.2, 0.25) is 11.8 Å². The molecule has 2 atom stereocenters. The zero-order valence-electron chi connectivity index (χ0n) is 9.97. The molecule has 0 aromatic carbocycles. The molecule has 0 aliphatic carbocycles. The first-order chi connectivity index (χ1) is 6.95. The monoisotopic (exact) mass is 249 g/mol. The van der Waals surface area contributed by atoms with Crippen LogP contribution in [-0.2, 0) is 9.59 Å². The first kappa shape index (κ1) is 15.2. The molecule has 1 saturated heterocycles. The number of nitrogens with two attached hydrogens (primary N) is 1. The van der Waals surface area contributed by atoms with E-state index in [1.165, 1.54) is 4.90 Å². The summed E-state index contributed by atoms with van der Waals surface area (Å²) in [6, 6.07) is -0.834. The van der Waals surface area contributed by atoms with Crippen LogP contribution in [0.2, 0.25) is 0 Å². The highest BCUT2D eigenvalue weighted by Gasteiger charge is 2.35. The third-order valence-corrected chi connectivity index (χ3v) is 2.65. The number of hydrogen-bond acceptors (Lipinski definition) is 3. The smallest absolute Gasteiger partial charge is 0.244 e. The standard InChI is InChI=1S/C10H19N3O2.ClH/c1-7(11)9(14)13-6-4-5-8(13)10(15)12(2)3;/h7-8H,4-6,11H2,1-3H3;1H/t7-,8?;/m0./s1. The van der Waals surface area contributed by atoms with Crippen LogP contribution in [-0.4, -0.2) is 54.3 Å². The molecule has 0 aromatic heterocycles. The van der Waals surface area contributed by atoms with Crippen molar-refractivity contribution in [1.29, 1.82) is 0 Å². The van der Waals surface area contributed by atoms with Crippen LogP contribution in [0.3, 0.4) is 0 Å². The van der Waals surface area contributed by atoms with E-state index < -0.39 is 6.04 Å². The van der Waals surface area contributed by atoms with E-state index in [9.17, 15) is 9.59 Å². The van der Waals surface area contributed by atoms with Gasteiger partial charge in [-0.25, -0.2) is 0 Å². The second-order valence-corrected chi connectivity index (χ2v) is 4.21. The quantitative estimate of drug-likeness (QED) is 0.739. The van der Waals surface area contributed by atoms with E-state index in [1.807, 2.05) is 0 Å². The molecule has 6 heteroatoms. The summed E-state index contributed by atoms with van der Waals surface area (Å²) in [5, 5.41) is 0. The van der Waals surface area contributed by atoms with E-state index >= 15 is 0 Å². The second-order valence-electron chi connectivity index (χ2n) is 4.21. The summed E-state index contributed by atoms with van der Waals surface area (Å²) in [6.07, 6.45) is 1.62. The summed E-state index contributed by atoms with van der Waals surface area (Å²) in [6.45, 7) is 2.29. The van der Waals surface area contributed by atoms with Crippen molar-refractivity contribution in [2.45, 2.75) is 31.8 Å². The largest absolute Gasteiger partial charge is 0.347 e. The lowest BCUT2D eigenvalue weighted by atomic mass is 10.2. The van der Waals surface area contributed by atoms with Gasteiger partial charge in [-0.3, -0.25) is 9.59 Å². The normalized spacial score (nSPS) is 21.2. The van der Waals surface area contributed by atoms with Gasteiger partial charge in [0.1, 0.15) is 6.04 Å². The Morgan fingerprint density at radius 1 is 1.44 bits per heavy atom. The van der Waals surface area contributed by atoms with Gasteiger partial charge in [-0.05, 0) is 19.8 Å². The Balaban J connectivity index is 0.00000225. The van der Waals surface area contributed by atoms with Crippen LogP contribution in [0.1, 0.15) is 19.8 Å². The molecule has 0 radical (unpaired) electrons. The van der Waals surface area contributed by atoms with Crippen LogP contribution in [0.25, 0.3) is 0 Å². The lowest BCUT2D eigenvalue weighted by Crippen LogP contribution is -2.50. The van der Waals surface area contributed by atoms with E-state index in [0.29, 0.717) is 6.54 Å². The summed E-state index contributed by atoms with van der Waals surface area (Å²) < 4.78 is 0. The molecule has 1 aliphatic heterocycles. The van der Waals surface area contributed by atoms with Gasteiger partial charge in [-0.1, -0.05) is 0 Å². The zero-order valence-corrected chi connectivity index (χ0v) is 10.8. The van der Waals surface area contributed by atoms with Crippen molar-refractivity contribution < 1.29 is 9.59 Å². The summed E-state index contributed by atoms with van der Waals surface area (Å²) in [5.74, 6) is -0.144. The third kappa shape index (κ3) is 3.09. The Hall–Kier alpha value is -0.810. The molecule has 94 valence electrons. The van der Waals surface area contributed by atoms with Crippen LogP contribution in [0, 0.1) is 0 Å². The summed E-state index contributed by atoms with van der Waals surface area (Å²) >= 11 is 0. The molecule has 1 rings (SSSR count). The number of hydrogen-bond donors (Lipinski definition) is 1. The van der Waals surface area contributed by atoms with Gasteiger partial charge in [-0.2, -0.15) is 0 Å². The molecule has 1 fully saturated rings. The molecule has 16 heavy (non-hydrogen) atoms. The number of likely N-dealkylation sites (tertiary alicyclic amines) is 1. The lowest BCUT2D eigenvalue weighted by molar-refractivity contribution is -0.142. The summed E-state index contributed by atoms with van der Waals surface area (Å²) in [5.41, 5.74) is 5.54. The first-order valence-electron chi connectivity index (χ1n) is 5.22. The highest BCUT2D eigenvalue weighted by Crippen LogP contribution is 2.19. The number of rotatable bonds is 2. The average molecular weight is 250 g/mol. The molecule has 0 spiro atoms. The molecule has 0 bridgehead atoms. The maximum absolute atomic E-state index is 11.8. The molecular formula is C10H20ClN3O2. The molecule has 1 unspecified atom stereocenters. The van der Waals surface area contributed by atoms with E-state index in [2.05, 4.69) is 0 Å². The van der Waals surface area contributed by atoms with Crippen molar-refractivity contribution in [2.24, 2.45) is 5.73 Å². The van der Waals surface area contributed by atoms with Gasteiger partial charge in [-0.15, -0.1) is 12.4 Å². The van der Waals surface area contributed by atoms with E-state index in [4.69, 9.17) is 5.73 Å². The number of carbonyl (C=O) groups excluding carboxylic acids is 2. The predicted octanol–water partition coefficient (Wildman–Crippen LogP) is -0.165. The van der Waals surface area contributed by atoms with Crippen molar-refractivity contribution in [1.82, 2.24) is 9.80 Å². The highest BCUT2D eigenvalue weighted by atomic mass is 35.5. The predicted molar refractivity (Wildman–Crippen MR) is 64.3 cm³/mol. The van der Waals surface area contributed by atoms with Crippen LogP contribution >= 0.6 is 12.4 Å². The van der Waals surface area contributed by atoms with E-state index in [0.717, 1.165) is 12.8 Å². The maximum Gasteiger partial charge on any atom is 0.244 e. The molecule has 2 amide bonds. The van der Waals surface area contributed by atoms with Gasteiger partial charge in [0, 0.05) is 20.6 Å². The van der Waals surface area contributed by atoms with Crippen LogP contribution in [0.4, 0.5) is 0 Å². The number of nitrogens with zero attached hydrogens (tertiary/aromatic N) is 2. The fraction of sp³-hybridized carbons (Fsp3) is 0.800. The minimum Gasteiger partial charge on any atom is -0.347 e. The van der Waals surface area contributed by atoms with Crippen molar-refractivity contribution >= 4 is 24.2 Å². The number of carbonyl (C=O) groups is 2. The van der Waals surface area contributed by atoms with Crippen LogP contribution in [0.5, 0.6) is 0 Å². The van der Waals surface area contributed by atoms with Crippen LogP contribution in [0.15, 0.2) is 0 Å². The third-order valence-electron chi connectivity index (χ3n) is 2.65. The lowest BCUT2D eigenvalue weighted by Gasteiger charge is -2.27. The molecule has 5 nitrogen and oxygen atoms in total. The Bertz CT molecular complexity index is 243. The van der Waals surface area contributed by atoms with Gasteiger partial charge >= 0.3 is 0 Å². The Morgan fingerprint density at radius 3 is 2.44 bits per heavy atom. The molecule has 2 N–H and O–H groups in total.